The summed E-state index contributed by atoms with van der Waals surface area (Å²) in [6.07, 6.45) is 8.41. The number of ether oxygens (including phenoxy) is 1. The largest absolute Gasteiger partial charge is 0.461 e. The number of nitro benzene ring substituents is 1. The number of carbonyl (C=O) groups excluding carboxylic acids is 1. The van der Waals surface area contributed by atoms with Gasteiger partial charge in [0.15, 0.2) is 0 Å². The van der Waals surface area contributed by atoms with Crippen LogP contribution in [0.2, 0.25) is 0 Å². The smallest absolute Gasteiger partial charge is 0.354 e. The third-order valence-corrected chi connectivity index (χ3v) is 12.6. The zero-order chi connectivity index (χ0) is 46.3. The number of nitro groups is 1. The van der Waals surface area contributed by atoms with Crippen LogP contribution in [0, 0.1) is 17.0 Å². The van der Waals surface area contributed by atoms with Crippen molar-refractivity contribution in [3.8, 4) is 44.5 Å². The van der Waals surface area contributed by atoms with Gasteiger partial charge in [0.05, 0.1) is 51.6 Å². The molecule has 11 rings (SSSR count). The van der Waals surface area contributed by atoms with Gasteiger partial charge in [0.1, 0.15) is 5.71 Å². The monoisotopic (exact) mass is 889 g/mol. The molecule has 3 aliphatic rings. The van der Waals surface area contributed by atoms with Gasteiger partial charge in [-0.25, -0.2) is 14.8 Å². The van der Waals surface area contributed by atoms with Gasteiger partial charge in [0, 0.05) is 62.9 Å². The Bertz CT molecular complexity index is 3560. The summed E-state index contributed by atoms with van der Waals surface area (Å²) in [5.74, 6) is -0.549. The first-order valence-corrected chi connectivity index (χ1v) is 22.5. The average molecular weight is 890 g/mol. The molecular formula is C57H43N7O4. The van der Waals surface area contributed by atoms with Crippen LogP contribution in [0.1, 0.15) is 53.3 Å². The number of non-ortho nitro benzene ring substituents is 1. The maximum Gasteiger partial charge on any atom is 0.354 e. The molecule has 0 saturated carbocycles. The summed E-state index contributed by atoms with van der Waals surface area (Å²) in [4.78, 5) is 44.3. The van der Waals surface area contributed by atoms with Crippen LogP contribution in [0.3, 0.4) is 0 Å². The quantitative estimate of drug-likeness (QED) is 0.0834. The molecule has 8 aromatic rings. The Morgan fingerprint density at radius 3 is 1.59 bits per heavy atom. The summed E-state index contributed by atoms with van der Waals surface area (Å²) in [7, 11) is 0. The van der Waals surface area contributed by atoms with Crippen LogP contribution in [0.5, 0.6) is 0 Å². The minimum Gasteiger partial charge on any atom is -0.461 e. The van der Waals surface area contributed by atoms with E-state index in [4.69, 9.17) is 19.8 Å². The van der Waals surface area contributed by atoms with Gasteiger partial charge in [-0.15, -0.1) is 0 Å². The molecule has 0 spiro atoms. The summed E-state index contributed by atoms with van der Waals surface area (Å²) in [5.41, 5.74) is 15.8. The number of hydrazone groups is 1. The van der Waals surface area contributed by atoms with Gasteiger partial charge in [-0.1, -0.05) is 127 Å². The van der Waals surface area contributed by atoms with E-state index in [-0.39, 0.29) is 24.4 Å². The highest BCUT2D eigenvalue weighted by atomic mass is 16.6. The second-order valence-corrected chi connectivity index (χ2v) is 16.8. The van der Waals surface area contributed by atoms with E-state index < -0.39 is 16.9 Å². The van der Waals surface area contributed by atoms with Crippen molar-refractivity contribution in [1.82, 2.24) is 19.9 Å². The van der Waals surface area contributed by atoms with Crippen LogP contribution in [0.15, 0.2) is 163 Å². The Morgan fingerprint density at radius 2 is 1.10 bits per heavy atom. The van der Waals surface area contributed by atoms with Crippen molar-refractivity contribution in [3.05, 3.63) is 202 Å². The number of fused-ring (bicyclic) bond motifs is 8. The topological polar surface area (TPSA) is 142 Å². The van der Waals surface area contributed by atoms with Crippen LogP contribution in [-0.4, -0.2) is 43.1 Å². The minimum atomic E-state index is -0.632. The number of aromatic amines is 2. The number of nitrogens with one attached hydrogen (secondary N) is 2. The molecule has 11 nitrogen and oxygen atoms in total. The number of esters is 1. The molecule has 3 aromatic heterocycles. The molecular weight excluding hydrogens is 847 g/mol. The van der Waals surface area contributed by atoms with E-state index in [1.54, 1.807) is 18.0 Å². The number of anilines is 1. The van der Waals surface area contributed by atoms with Crippen molar-refractivity contribution in [2.75, 3.05) is 11.6 Å². The molecule has 5 aromatic carbocycles. The molecule has 1 atom stereocenters. The van der Waals surface area contributed by atoms with E-state index >= 15 is 0 Å². The van der Waals surface area contributed by atoms with E-state index in [0.717, 1.165) is 94.8 Å². The van der Waals surface area contributed by atoms with Crippen LogP contribution >= 0.6 is 0 Å². The fourth-order valence-electron chi connectivity index (χ4n) is 9.48. The number of carbonyl (C=O) groups is 1. The standard InChI is InChI=1S/C57H43N7O4/c1-3-68-57(65)49-34-51(63(62-49)50-32-40(64(66)67)25-24-35(50)2)41-33-48-54(38-20-12-6-13-21-38)46-29-28-44(59-46)52(36-16-8-4-9-17-36)42-26-27-43(58-42)53(37-18-10-5-11-19-37)45-30-31-47(60-45)55(56(41)61-48)39-22-14-7-15-23-39/h4-33,51,58,61H,3,34H2,1-2H3. The number of hydrogen-bond acceptors (Lipinski definition) is 8. The number of hydrogen-bond donors (Lipinski definition) is 2. The number of benzene rings is 5. The maximum atomic E-state index is 13.7. The Kier molecular flexibility index (Phi) is 10.7. The molecule has 0 radical (unpaired) electrons. The summed E-state index contributed by atoms with van der Waals surface area (Å²) in [6.45, 7) is 3.80. The van der Waals surface area contributed by atoms with Gasteiger partial charge in [-0.05, 0) is 84.2 Å². The predicted octanol–water partition coefficient (Wildman–Crippen LogP) is 13.4. The lowest BCUT2D eigenvalue weighted by molar-refractivity contribution is -0.384. The fraction of sp³-hybridized carbons (Fsp3) is 0.0877. The predicted molar refractivity (Wildman–Crippen MR) is 272 cm³/mol. The Hall–Kier alpha value is -8.96. The van der Waals surface area contributed by atoms with E-state index in [2.05, 4.69) is 101 Å². The Labute approximate surface area is 391 Å². The molecule has 2 N–H and O–H groups in total. The first-order chi connectivity index (χ1) is 33.3. The molecule has 0 amide bonds. The van der Waals surface area contributed by atoms with Gasteiger partial charge in [-0.3, -0.25) is 15.1 Å². The molecule has 330 valence electrons. The first-order valence-electron chi connectivity index (χ1n) is 22.5. The van der Waals surface area contributed by atoms with Crippen LogP contribution in [0.25, 0.3) is 90.9 Å². The number of aromatic nitrogens is 4. The molecule has 11 heteroatoms. The molecule has 0 aliphatic carbocycles. The first kappa shape index (κ1) is 41.7. The third-order valence-electron chi connectivity index (χ3n) is 12.6. The van der Waals surface area contributed by atoms with Gasteiger partial charge < -0.3 is 14.7 Å². The fourth-order valence-corrected chi connectivity index (χ4v) is 9.48. The Morgan fingerprint density at radius 1 is 0.632 bits per heavy atom. The second kappa shape index (κ2) is 17.4. The number of rotatable bonds is 9. The van der Waals surface area contributed by atoms with Gasteiger partial charge in [-0.2, -0.15) is 5.10 Å². The number of aryl methyl sites for hydroxylation is 1. The molecule has 68 heavy (non-hydrogen) atoms. The molecule has 0 fully saturated rings. The van der Waals surface area contributed by atoms with Crippen LogP contribution in [0.4, 0.5) is 11.4 Å². The lowest BCUT2D eigenvalue weighted by Gasteiger charge is -2.25. The van der Waals surface area contributed by atoms with Crippen molar-refractivity contribution in [1.29, 1.82) is 0 Å². The van der Waals surface area contributed by atoms with E-state index in [9.17, 15) is 14.9 Å². The SMILES string of the molecule is CCOC(=O)C1=NN(c2cc([N+](=O)[O-])ccc2C)C(c2cc3[nH]c2c(-c2ccccc2)c2nc(c(-c4ccccc4)c4ccc([nH]4)c(-c4ccccc4)c4nc(c3-c3ccccc3)C=C4)C=C2)C1. The third kappa shape index (κ3) is 7.55. The normalized spacial score (nSPS) is 14.0. The zero-order valence-electron chi connectivity index (χ0n) is 37.2. The lowest BCUT2D eigenvalue weighted by Crippen LogP contribution is -2.20. The van der Waals surface area contributed by atoms with Crippen molar-refractivity contribution in [3.63, 3.8) is 0 Å². The van der Waals surface area contributed by atoms with Crippen molar-refractivity contribution in [2.24, 2.45) is 5.10 Å². The summed E-state index contributed by atoms with van der Waals surface area (Å²) in [6, 6.07) is 51.3. The lowest BCUT2D eigenvalue weighted by atomic mass is 9.96. The average Bonchev–Trinajstić information content (AvgIpc) is 4.24. The summed E-state index contributed by atoms with van der Waals surface area (Å²) in [5, 5.41) is 18.9. The number of H-pyrrole nitrogens is 2. The van der Waals surface area contributed by atoms with Crippen LogP contribution < -0.4 is 5.01 Å². The number of nitrogens with zero attached hydrogens (tertiary/aromatic N) is 5. The maximum absolute atomic E-state index is 13.7. The van der Waals surface area contributed by atoms with Gasteiger partial charge in [0.2, 0.25) is 0 Å². The Balaban J connectivity index is 1.32. The molecule has 8 bridgehead atoms. The van der Waals surface area contributed by atoms with Crippen molar-refractivity contribution in [2.45, 2.75) is 26.3 Å². The summed E-state index contributed by atoms with van der Waals surface area (Å²) >= 11 is 0. The van der Waals surface area contributed by atoms with Crippen molar-refractivity contribution < 1.29 is 14.5 Å². The highest BCUT2D eigenvalue weighted by molar-refractivity contribution is 6.37. The van der Waals surface area contributed by atoms with Gasteiger partial charge in [0.25, 0.3) is 5.69 Å². The second-order valence-electron chi connectivity index (χ2n) is 16.8. The van der Waals surface area contributed by atoms with Crippen molar-refractivity contribution >= 4 is 69.4 Å². The summed E-state index contributed by atoms with van der Waals surface area (Å²) < 4.78 is 5.56. The van der Waals surface area contributed by atoms with E-state index in [1.807, 2.05) is 79.7 Å². The van der Waals surface area contributed by atoms with Gasteiger partial charge >= 0.3 is 5.97 Å². The zero-order valence-corrected chi connectivity index (χ0v) is 37.2. The highest BCUT2D eigenvalue weighted by Gasteiger charge is 2.37. The molecule has 0 saturated heterocycles. The minimum absolute atomic E-state index is 0.0921. The van der Waals surface area contributed by atoms with E-state index in [0.29, 0.717) is 11.4 Å². The molecule has 1 unspecified atom stereocenters. The highest BCUT2D eigenvalue weighted by Crippen LogP contribution is 2.45. The molecule has 6 heterocycles. The molecule has 3 aliphatic heterocycles. The van der Waals surface area contributed by atoms with Crippen LogP contribution in [-0.2, 0) is 9.53 Å². The van der Waals surface area contributed by atoms with E-state index in [1.165, 1.54) is 12.1 Å².